The Morgan fingerprint density at radius 1 is 1.07 bits per heavy atom. The molecule has 3 rings (SSSR count). The second kappa shape index (κ2) is 7.72. The van der Waals surface area contributed by atoms with Gasteiger partial charge in [-0.1, -0.05) is 0 Å². The number of carbonyl (C=O) groups is 1. The molecule has 0 saturated heterocycles. The van der Waals surface area contributed by atoms with Crippen molar-refractivity contribution in [3.8, 4) is 23.0 Å². The standard InChI is InChI=1S/C17H18N2O7S/c1-23-11-3-5-14(24-2)13(7-11)19-17(20)9-18-27(21,22)12-4-6-15-16(8-12)26-10-25-15/h3-8,18H,9-10H2,1-2H3,(H,19,20). The third-order valence-electron chi connectivity index (χ3n) is 3.76. The zero-order valence-corrected chi connectivity index (χ0v) is 15.5. The number of carbonyl (C=O) groups excluding carboxylic acids is 1. The van der Waals surface area contributed by atoms with Crippen LogP contribution in [0.4, 0.5) is 5.69 Å². The van der Waals surface area contributed by atoms with Gasteiger partial charge in [0, 0.05) is 12.1 Å². The van der Waals surface area contributed by atoms with Crippen molar-refractivity contribution >= 4 is 21.6 Å². The minimum absolute atomic E-state index is 0.0292. The number of fused-ring (bicyclic) bond motifs is 1. The van der Waals surface area contributed by atoms with Gasteiger partial charge < -0.3 is 24.3 Å². The highest BCUT2D eigenvalue weighted by molar-refractivity contribution is 7.89. The summed E-state index contributed by atoms with van der Waals surface area (Å²) in [5.41, 5.74) is 0.365. The third-order valence-corrected chi connectivity index (χ3v) is 5.16. The average Bonchev–Trinajstić information content (AvgIpc) is 3.14. The summed E-state index contributed by atoms with van der Waals surface area (Å²) in [5, 5.41) is 2.59. The number of rotatable bonds is 7. The molecule has 0 radical (unpaired) electrons. The Labute approximate surface area is 156 Å². The monoisotopic (exact) mass is 394 g/mol. The van der Waals surface area contributed by atoms with Gasteiger partial charge in [-0.2, -0.15) is 0 Å². The van der Waals surface area contributed by atoms with Crippen LogP contribution in [0.2, 0.25) is 0 Å². The second-order valence-corrected chi connectivity index (χ2v) is 7.22. The number of benzene rings is 2. The molecule has 2 aromatic rings. The highest BCUT2D eigenvalue weighted by Gasteiger charge is 2.21. The van der Waals surface area contributed by atoms with E-state index in [2.05, 4.69) is 10.0 Å². The normalized spacial score (nSPS) is 12.5. The molecule has 0 aliphatic carbocycles. The number of ether oxygens (including phenoxy) is 4. The van der Waals surface area contributed by atoms with Crippen molar-refractivity contribution in [2.45, 2.75) is 4.90 Å². The molecule has 144 valence electrons. The van der Waals surface area contributed by atoms with Crippen molar-refractivity contribution in [2.75, 3.05) is 32.9 Å². The fraction of sp³-hybridized carbons (Fsp3) is 0.235. The lowest BCUT2D eigenvalue weighted by Crippen LogP contribution is -2.33. The number of hydrogen-bond acceptors (Lipinski definition) is 7. The van der Waals surface area contributed by atoms with E-state index in [4.69, 9.17) is 18.9 Å². The SMILES string of the molecule is COc1ccc(OC)c(NC(=O)CNS(=O)(=O)c2ccc3c(c2)OCO3)c1. The fourth-order valence-electron chi connectivity index (χ4n) is 2.39. The smallest absolute Gasteiger partial charge is 0.241 e. The van der Waals surface area contributed by atoms with Gasteiger partial charge in [-0.25, -0.2) is 13.1 Å². The zero-order valence-electron chi connectivity index (χ0n) is 14.6. The fourth-order valence-corrected chi connectivity index (χ4v) is 3.39. The van der Waals surface area contributed by atoms with Crippen LogP contribution in [0, 0.1) is 0 Å². The first-order valence-corrected chi connectivity index (χ1v) is 9.32. The summed E-state index contributed by atoms with van der Waals surface area (Å²) >= 11 is 0. The summed E-state index contributed by atoms with van der Waals surface area (Å²) in [5.74, 6) is 1.18. The molecule has 0 saturated carbocycles. The number of hydrogen-bond donors (Lipinski definition) is 2. The number of amides is 1. The third kappa shape index (κ3) is 4.23. The largest absolute Gasteiger partial charge is 0.497 e. The highest BCUT2D eigenvalue weighted by Crippen LogP contribution is 2.33. The molecule has 27 heavy (non-hydrogen) atoms. The Morgan fingerprint density at radius 2 is 1.85 bits per heavy atom. The highest BCUT2D eigenvalue weighted by atomic mass is 32.2. The van der Waals surface area contributed by atoms with Gasteiger partial charge in [-0.15, -0.1) is 0 Å². The summed E-state index contributed by atoms with van der Waals surface area (Å²) in [6, 6.07) is 9.09. The first-order valence-electron chi connectivity index (χ1n) is 7.84. The van der Waals surface area contributed by atoms with E-state index in [1.165, 1.54) is 32.4 Å². The van der Waals surface area contributed by atoms with Crippen molar-refractivity contribution in [1.82, 2.24) is 4.72 Å². The van der Waals surface area contributed by atoms with E-state index in [1.54, 1.807) is 18.2 Å². The second-order valence-electron chi connectivity index (χ2n) is 5.45. The van der Waals surface area contributed by atoms with Crippen LogP contribution in [0.3, 0.4) is 0 Å². The minimum atomic E-state index is -3.90. The van der Waals surface area contributed by atoms with Gasteiger partial charge in [-0.3, -0.25) is 4.79 Å². The molecule has 0 atom stereocenters. The van der Waals surface area contributed by atoms with E-state index in [9.17, 15) is 13.2 Å². The van der Waals surface area contributed by atoms with Gasteiger partial charge in [0.2, 0.25) is 22.7 Å². The van der Waals surface area contributed by atoms with Crippen LogP contribution in [-0.2, 0) is 14.8 Å². The van der Waals surface area contributed by atoms with E-state index < -0.39 is 22.5 Å². The van der Waals surface area contributed by atoms with Gasteiger partial charge in [0.15, 0.2) is 11.5 Å². The molecular weight excluding hydrogens is 376 g/mol. The van der Waals surface area contributed by atoms with Crippen LogP contribution in [0.5, 0.6) is 23.0 Å². The summed E-state index contributed by atoms with van der Waals surface area (Å²) in [6.07, 6.45) is 0. The molecule has 9 nitrogen and oxygen atoms in total. The molecule has 1 aliphatic rings. The van der Waals surface area contributed by atoms with Crippen molar-refractivity contribution in [3.05, 3.63) is 36.4 Å². The van der Waals surface area contributed by atoms with E-state index >= 15 is 0 Å². The zero-order chi connectivity index (χ0) is 19.4. The summed E-state index contributed by atoms with van der Waals surface area (Å²) < 4.78 is 47.6. The topological polar surface area (TPSA) is 112 Å². The maximum Gasteiger partial charge on any atom is 0.241 e. The van der Waals surface area contributed by atoms with Gasteiger partial charge in [0.25, 0.3) is 0 Å². The first kappa shape index (κ1) is 18.8. The molecule has 0 unspecified atom stereocenters. The lowest BCUT2D eigenvalue weighted by Gasteiger charge is -2.12. The van der Waals surface area contributed by atoms with Crippen LogP contribution in [0.25, 0.3) is 0 Å². The Hall–Kier alpha value is -2.98. The Morgan fingerprint density at radius 3 is 2.59 bits per heavy atom. The molecule has 0 aromatic heterocycles. The van der Waals surface area contributed by atoms with Crippen LogP contribution >= 0.6 is 0 Å². The Kier molecular flexibility index (Phi) is 5.38. The molecule has 1 aliphatic heterocycles. The number of nitrogens with one attached hydrogen (secondary N) is 2. The van der Waals surface area contributed by atoms with Gasteiger partial charge in [-0.05, 0) is 24.3 Å². The van der Waals surface area contributed by atoms with Crippen LogP contribution < -0.4 is 29.0 Å². The predicted octanol–water partition coefficient (Wildman–Crippen LogP) is 1.35. The van der Waals surface area contributed by atoms with Crippen LogP contribution in [0.1, 0.15) is 0 Å². The molecule has 1 heterocycles. The maximum atomic E-state index is 12.4. The van der Waals surface area contributed by atoms with Crippen molar-refractivity contribution in [1.29, 1.82) is 0 Å². The van der Waals surface area contributed by atoms with Crippen molar-refractivity contribution in [3.63, 3.8) is 0 Å². The lowest BCUT2D eigenvalue weighted by molar-refractivity contribution is -0.115. The lowest BCUT2D eigenvalue weighted by atomic mass is 10.2. The number of methoxy groups -OCH3 is 2. The molecule has 0 spiro atoms. The number of anilines is 1. The van der Waals surface area contributed by atoms with Crippen LogP contribution in [0.15, 0.2) is 41.3 Å². The van der Waals surface area contributed by atoms with Crippen LogP contribution in [-0.4, -0.2) is 41.9 Å². The maximum absolute atomic E-state index is 12.4. The molecule has 10 heteroatoms. The number of sulfonamides is 1. The molecular formula is C17H18N2O7S. The quantitative estimate of drug-likeness (QED) is 0.729. The minimum Gasteiger partial charge on any atom is -0.497 e. The van der Waals surface area contributed by atoms with Gasteiger partial charge in [0.05, 0.1) is 31.3 Å². The van der Waals surface area contributed by atoms with E-state index in [0.717, 1.165) is 0 Å². The molecule has 2 aromatic carbocycles. The van der Waals surface area contributed by atoms with E-state index in [-0.39, 0.29) is 11.7 Å². The predicted molar refractivity (Wildman–Crippen MR) is 95.9 cm³/mol. The van der Waals surface area contributed by atoms with Gasteiger partial charge >= 0.3 is 0 Å². The van der Waals surface area contributed by atoms with Crippen molar-refractivity contribution < 1.29 is 32.2 Å². The summed E-state index contributed by atoms with van der Waals surface area (Å²) in [6.45, 7) is -0.422. The Balaban J connectivity index is 1.67. The Bertz CT molecular complexity index is 960. The molecule has 0 fully saturated rings. The molecule has 2 N–H and O–H groups in total. The summed E-state index contributed by atoms with van der Waals surface area (Å²) in [4.78, 5) is 12.1. The van der Waals surface area contributed by atoms with E-state index in [0.29, 0.717) is 28.7 Å². The van der Waals surface area contributed by atoms with E-state index in [1.807, 2.05) is 0 Å². The molecule has 1 amide bonds. The summed E-state index contributed by atoms with van der Waals surface area (Å²) in [7, 11) is -0.949. The molecule has 0 bridgehead atoms. The van der Waals surface area contributed by atoms with Crippen molar-refractivity contribution in [2.24, 2.45) is 0 Å². The first-order chi connectivity index (χ1) is 12.9. The average molecular weight is 394 g/mol. The van der Waals surface area contributed by atoms with Gasteiger partial charge in [0.1, 0.15) is 11.5 Å².